The van der Waals surface area contributed by atoms with Crippen LogP contribution in [-0.4, -0.2) is 36.4 Å². The van der Waals surface area contributed by atoms with Crippen molar-refractivity contribution in [2.75, 3.05) is 19.8 Å². The number of rotatable bonds is 3. The van der Waals surface area contributed by atoms with Gasteiger partial charge < -0.3 is 19.6 Å². The van der Waals surface area contributed by atoms with Gasteiger partial charge in [0.2, 0.25) is 0 Å². The molecule has 0 radical (unpaired) electrons. The van der Waals surface area contributed by atoms with Crippen molar-refractivity contribution in [2.45, 2.75) is 12.0 Å². The van der Waals surface area contributed by atoms with E-state index in [1.165, 1.54) is 12.5 Å². The largest absolute Gasteiger partial charge is 0.472 e. The lowest BCUT2D eigenvalue weighted by Gasteiger charge is -2.20. The first-order chi connectivity index (χ1) is 7.20. The van der Waals surface area contributed by atoms with Gasteiger partial charge >= 0.3 is 0 Å². The molecule has 1 fully saturated rings. The highest BCUT2D eigenvalue weighted by Crippen LogP contribution is 2.17. The summed E-state index contributed by atoms with van der Waals surface area (Å²) in [6, 6.07) is 1.57. The van der Waals surface area contributed by atoms with Gasteiger partial charge in [0.05, 0.1) is 18.4 Å². The molecule has 0 aromatic carbocycles. The monoisotopic (exact) mass is 211 g/mol. The van der Waals surface area contributed by atoms with E-state index >= 15 is 0 Å². The number of carbonyl (C=O) groups is 1. The maximum Gasteiger partial charge on any atom is 0.254 e. The maximum atomic E-state index is 11.5. The molecule has 1 aliphatic heterocycles. The van der Waals surface area contributed by atoms with E-state index in [-0.39, 0.29) is 19.1 Å². The Bertz CT molecular complexity index is 327. The van der Waals surface area contributed by atoms with Gasteiger partial charge in [0.25, 0.3) is 5.91 Å². The first-order valence-corrected chi connectivity index (χ1v) is 4.80. The van der Waals surface area contributed by atoms with Gasteiger partial charge in [-0.2, -0.15) is 0 Å². The van der Waals surface area contributed by atoms with Crippen molar-refractivity contribution >= 4 is 5.91 Å². The highest BCUT2D eigenvalue weighted by Gasteiger charge is 2.32. The van der Waals surface area contributed by atoms with Crippen molar-refractivity contribution in [3.63, 3.8) is 0 Å². The molecular weight excluding hydrogens is 198 g/mol. The van der Waals surface area contributed by atoms with Crippen LogP contribution >= 0.6 is 0 Å². The molecule has 5 heteroatoms. The second-order valence-corrected chi connectivity index (χ2v) is 3.72. The molecule has 1 aliphatic rings. The molecule has 2 rings (SSSR count). The summed E-state index contributed by atoms with van der Waals surface area (Å²) in [6.07, 6.45) is 3.35. The van der Waals surface area contributed by atoms with E-state index in [1.54, 1.807) is 6.07 Å². The fraction of sp³-hybridized carbons (Fsp3) is 0.500. The molecule has 1 saturated heterocycles. The Morgan fingerprint density at radius 2 is 2.53 bits per heavy atom. The maximum absolute atomic E-state index is 11.5. The molecule has 1 atom stereocenters. The quantitative estimate of drug-likeness (QED) is 0.747. The summed E-state index contributed by atoms with van der Waals surface area (Å²) in [5, 5.41) is 12.5. The Hall–Kier alpha value is -1.33. The molecule has 0 saturated carbocycles. The Labute approximate surface area is 87.0 Å². The van der Waals surface area contributed by atoms with Crippen LogP contribution in [0.5, 0.6) is 0 Å². The number of carbonyl (C=O) groups excluding carboxylic acids is 1. The van der Waals surface area contributed by atoms with Crippen LogP contribution in [0.3, 0.4) is 0 Å². The van der Waals surface area contributed by atoms with Gasteiger partial charge in [0, 0.05) is 19.6 Å². The number of nitrogens with one attached hydrogen (secondary N) is 1. The molecule has 2 heterocycles. The second kappa shape index (κ2) is 4.04. The van der Waals surface area contributed by atoms with Crippen LogP contribution < -0.4 is 5.32 Å². The topological polar surface area (TPSA) is 71.7 Å². The first-order valence-electron chi connectivity index (χ1n) is 4.80. The molecule has 1 unspecified atom stereocenters. The number of hydrogen-bond acceptors (Lipinski definition) is 4. The molecule has 1 aromatic heterocycles. The van der Waals surface area contributed by atoms with E-state index in [2.05, 4.69) is 5.32 Å². The van der Waals surface area contributed by atoms with Gasteiger partial charge in [-0.25, -0.2) is 0 Å². The minimum Gasteiger partial charge on any atom is -0.472 e. The van der Waals surface area contributed by atoms with Crippen molar-refractivity contribution in [1.82, 2.24) is 5.32 Å². The highest BCUT2D eigenvalue weighted by atomic mass is 16.5. The Morgan fingerprint density at radius 1 is 1.67 bits per heavy atom. The second-order valence-electron chi connectivity index (χ2n) is 3.72. The van der Waals surface area contributed by atoms with E-state index in [9.17, 15) is 9.90 Å². The smallest absolute Gasteiger partial charge is 0.254 e. The van der Waals surface area contributed by atoms with E-state index in [0.717, 1.165) is 0 Å². The molecule has 5 nitrogen and oxygen atoms in total. The zero-order valence-electron chi connectivity index (χ0n) is 8.23. The zero-order valence-corrected chi connectivity index (χ0v) is 8.23. The number of furan rings is 1. The van der Waals surface area contributed by atoms with Crippen molar-refractivity contribution in [2.24, 2.45) is 0 Å². The van der Waals surface area contributed by atoms with E-state index in [4.69, 9.17) is 9.15 Å². The lowest BCUT2D eigenvalue weighted by molar-refractivity contribution is 0.0264. The molecule has 1 amide bonds. The van der Waals surface area contributed by atoms with Crippen LogP contribution in [0.25, 0.3) is 0 Å². The SMILES string of the molecule is O=C(NCC1(O)CCOC1)c1ccoc1. The lowest BCUT2D eigenvalue weighted by atomic mass is 10.0. The summed E-state index contributed by atoms with van der Waals surface area (Å²) in [6.45, 7) is 1.02. The molecule has 0 aliphatic carbocycles. The summed E-state index contributed by atoms with van der Waals surface area (Å²) in [5.74, 6) is -0.246. The predicted octanol–water partition coefficient (Wildman–Crippen LogP) is 0.161. The molecule has 15 heavy (non-hydrogen) atoms. The molecule has 0 spiro atoms. The van der Waals surface area contributed by atoms with Crippen LogP contribution in [0, 0.1) is 0 Å². The fourth-order valence-electron chi connectivity index (χ4n) is 1.48. The van der Waals surface area contributed by atoms with Gasteiger partial charge in [0.15, 0.2) is 0 Å². The Morgan fingerprint density at radius 3 is 3.13 bits per heavy atom. The standard InChI is InChI=1S/C10H13NO4/c12-9(8-1-3-14-5-8)11-6-10(13)2-4-15-7-10/h1,3,5,13H,2,4,6-7H2,(H,11,12). The van der Waals surface area contributed by atoms with Crippen molar-refractivity contribution < 1.29 is 19.1 Å². The minimum atomic E-state index is -0.917. The van der Waals surface area contributed by atoms with Crippen LogP contribution in [0.4, 0.5) is 0 Å². The number of hydrogen-bond donors (Lipinski definition) is 2. The molecular formula is C10H13NO4. The number of amides is 1. The first kappa shape index (κ1) is 10.2. The van der Waals surface area contributed by atoms with Gasteiger partial charge in [0.1, 0.15) is 11.9 Å². The Kier molecular flexibility index (Phi) is 2.75. The van der Waals surface area contributed by atoms with Gasteiger partial charge in [-0.05, 0) is 6.07 Å². The summed E-state index contributed by atoms with van der Waals surface area (Å²) >= 11 is 0. The summed E-state index contributed by atoms with van der Waals surface area (Å²) in [4.78, 5) is 11.5. The van der Waals surface area contributed by atoms with Crippen molar-refractivity contribution in [3.05, 3.63) is 24.2 Å². The average molecular weight is 211 g/mol. The number of aliphatic hydroxyl groups is 1. The van der Waals surface area contributed by atoms with Gasteiger partial charge in [-0.3, -0.25) is 4.79 Å². The van der Waals surface area contributed by atoms with Crippen LogP contribution in [0.1, 0.15) is 16.8 Å². The third-order valence-corrected chi connectivity index (χ3v) is 2.44. The normalized spacial score (nSPS) is 25.4. The van der Waals surface area contributed by atoms with Crippen molar-refractivity contribution in [3.8, 4) is 0 Å². The minimum absolute atomic E-state index is 0.205. The third-order valence-electron chi connectivity index (χ3n) is 2.44. The lowest BCUT2D eigenvalue weighted by Crippen LogP contribution is -2.43. The molecule has 82 valence electrons. The van der Waals surface area contributed by atoms with Crippen LogP contribution in [-0.2, 0) is 4.74 Å². The Balaban J connectivity index is 1.85. The van der Waals surface area contributed by atoms with Gasteiger partial charge in [-0.15, -0.1) is 0 Å². The zero-order chi connectivity index (χ0) is 10.7. The third kappa shape index (κ3) is 2.37. The summed E-state index contributed by atoms with van der Waals surface area (Å²) < 4.78 is 9.85. The molecule has 2 N–H and O–H groups in total. The number of ether oxygens (including phenoxy) is 1. The van der Waals surface area contributed by atoms with Crippen LogP contribution in [0.2, 0.25) is 0 Å². The fourth-order valence-corrected chi connectivity index (χ4v) is 1.48. The van der Waals surface area contributed by atoms with Crippen molar-refractivity contribution in [1.29, 1.82) is 0 Å². The molecule has 1 aromatic rings. The predicted molar refractivity (Wildman–Crippen MR) is 51.4 cm³/mol. The van der Waals surface area contributed by atoms with Gasteiger partial charge in [-0.1, -0.05) is 0 Å². The summed E-state index contributed by atoms with van der Waals surface area (Å²) in [7, 11) is 0. The van der Waals surface area contributed by atoms with E-state index < -0.39 is 5.60 Å². The molecule has 0 bridgehead atoms. The summed E-state index contributed by atoms with van der Waals surface area (Å²) in [5.41, 5.74) is -0.461. The van der Waals surface area contributed by atoms with E-state index in [0.29, 0.717) is 18.6 Å². The van der Waals surface area contributed by atoms with Crippen LogP contribution in [0.15, 0.2) is 23.0 Å². The average Bonchev–Trinajstić information content (AvgIpc) is 2.85. The van der Waals surface area contributed by atoms with E-state index in [1.807, 2.05) is 0 Å². The highest BCUT2D eigenvalue weighted by molar-refractivity contribution is 5.93.